The van der Waals surface area contributed by atoms with Crippen LogP contribution in [0.3, 0.4) is 0 Å². The zero-order valence-electron chi connectivity index (χ0n) is 16.7. The van der Waals surface area contributed by atoms with Gasteiger partial charge in [-0.05, 0) is 35.2 Å². The van der Waals surface area contributed by atoms with E-state index in [0.717, 1.165) is 16.7 Å². The quantitative estimate of drug-likeness (QED) is 0.425. The molecule has 0 heterocycles. The van der Waals surface area contributed by atoms with Crippen molar-refractivity contribution in [1.29, 1.82) is 0 Å². The molecule has 0 aromatic heterocycles. The number of hydrogen-bond donors (Lipinski definition) is 1. The van der Waals surface area contributed by atoms with Gasteiger partial charge in [0.15, 0.2) is 5.92 Å². The first kappa shape index (κ1) is 21.1. The third-order valence-corrected chi connectivity index (χ3v) is 4.98. The van der Waals surface area contributed by atoms with Gasteiger partial charge in [0.2, 0.25) is 0 Å². The largest absolute Gasteiger partial charge is 0.497 e. The van der Waals surface area contributed by atoms with E-state index in [1.807, 2.05) is 60.7 Å². The second-order valence-electron chi connectivity index (χ2n) is 6.95. The smallest absolute Gasteiger partial charge is 0.320 e. The predicted octanol–water partition coefficient (Wildman–Crippen LogP) is 4.31. The fourth-order valence-corrected chi connectivity index (χ4v) is 3.29. The highest BCUT2D eigenvalue weighted by molar-refractivity contribution is 5.94. The van der Waals surface area contributed by atoms with Crippen LogP contribution in [0.4, 0.5) is 0 Å². The number of hydrogen-bond acceptors (Lipinski definition) is 4. The molecule has 3 rings (SSSR count). The lowest BCUT2D eigenvalue weighted by atomic mass is 9.92. The van der Waals surface area contributed by atoms with Crippen molar-refractivity contribution in [3.63, 3.8) is 0 Å². The Morgan fingerprint density at radius 2 is 1.37 bits per heavy atom. The van der Waals surface area contributed by atoms with Gasteiger partial charge < -0.3 is 14.6 Å². The number of aliphatic carboxylic acids is 1. The molecule has 0 aliphatic rings. The molecule has 0 amide bonds. The number of carboxylic acids is 1. The van der Waals surface area contributed by atoms with E-state index in [2.05, 4.69) is 0 Å². The van der Waals surface area contributed by atoms with Crippen LogP contribution in [0.1, 0.15) is 22.6 Å². The van der Waals surface area contributed by atoms with E-state index < -0.39 is 17.9 Å². The van der Waals surface area contributed by atoms with Gasteiger partial charge in [0.25, 0.3) is 0 Å². The predicted molar refractivity (Wildman–Crippen MR) is 114 cm³/mol. The molecular weight excluding hydrogens is 380 g/mol. The summed E-state index contributed by atoms with van der Waals surface area (Å²) in [5.74, 6) is -2.72. The van der Waals surface area contributed by atoms with Gasteiger partial charge in [0.05, 0.1) is 7.11 Å². The molecule has 3 aromatic rings. The molecule has 0 aliphatic carbocycles. The number of carbonyl (C=O) groups excluding carboxylic acids is 1. The van der Waals surface area contributed by atoms with Crippen LogP contribution in [0.5, 0.6) is 5.75 Å². The minimum atomic E-state index is -1.27. The topological polar surface area (TPSA) is 72.8 Å². The molecule has 0 bridgehead atoms. The highest BCUT2D eigenvalue weighted by Crippen LogP contribution is 2.25. The Kier molecular flexibility index (Phi) is 7.22. The molecule has 3 aromatic carbocycles. The van der Waals surface area contributed by atoms with E-state index in [4.69, 9.17) is 9.47 Å². The van der Waals surface area contributed by atoms with Gasteiger partial charge in [0.1, 0.15) is 12.4 Å². The van der Waals surface area contributed by atoms with E-state index in [9.17, 15) is 14.7 Å². The summed E-state index contributed by atoms with van der Waals surface area (Å²) in [6.45, 7) is 0.0687. The summed E-state index contributed by atoms with van der Waals surface area (Å²) in [5, 5.41) is 9.58. The minimum Gasteiger partial charge on any atom is -0.497 e. The van der Waals surface area contributed by atoms with Crippen LogP contribution in [0.2, 0.25) is 0 Å². The minimum absolute atomic E-state index is 0.0551. The van der Waals surface area contributed by atoms with E-state index in [1.165, 1.54) is 0 Å². The van der Waals surface area contributed by atoms with E-state index in [0.29, 0.717) is 5.75 Å². The Morgan fingerprint density at radius 1 is 0.833 bits per heavy atom. The highest BCUT2D eigenvalue weighted by atomic mass is 16.5. The van der Waals surface area contributed by atoms with Gasteiger partial charge in [-0.25, -0.2) is 0 Å². The molecule has 0 fully saturated rings. The molecule has 1 unspecified atom stereocenters. The van der Waals surface area contributed by atoms with Crippen LogP contribution >= 0.6 is 0 Å². The number of rotatable bonds is 9. The Hall–Kier alpha value is -3.60. The van der Waals surface area contributed by atoms with Crippen molar-refractivity contribution in [1.82, 2.24) is 0 Å². The molecule has 0 aliphatic heterocycles. The summed E-state index contributed by atoms with van der Waals surface area (Å²) in [4.78, 5) is 24.4. The summed E-state index contributed by atoms with van der Waals surface area (Å²) in [7, 11) is 1.56. The van der Waals surface area contributed by atoms with Gasteiger partial charge in [-0.3, -0.25) is 9.59 Å². The zero-order valence-corrected chi connectivity index (χ0v) is 16.7. The Balaban J connectivity index is 1.73. The van der Waals surface area contributed by atoms with Crippen LogP contribution < -0.4 is 4.74 Å². The number of methoxy groups -OCH3 is 1. The zero-order chi connectivity index (χ0) is 21.3. The lowest BCUT2D eigenvalue weighted by Gasteiger charge is -2.20. The standard InChI is InChI=1S/C25H24O5/c1-29-21-14-12-18(13-15-21)16-22(24(26)27)25(28)30-17-23(19-8-4-2-5-9-19)20-10-6-3-7-11-20/h2-15,22-23H,16-17H2,1H3,(H,26,27). The molecule has 30 heavy (non-hydrogen) atoms. The SMILES string of the molecule is COc1ccc(CC(C(=O)O)C(=O)OCC(c2ccccc2)c2ccccc2)cc1. The number of ether oxygens (including phenoxy) is 2. The number of carboxylic acid groups (broad SMARTS) is 1. The first-order chi connectivity index (χ1) is 14.6. The van der Waals surface area contributed by atoms with Gasteiger partial charge >= 0.3 is 11.9 Å². The third kappa shape index (κ3) is 5.47. The van der Waals surface area contributed by atoms with Gasteiger partial charge in [-0.15, -0.1) is 0 Å². The molecule has 0 saturated heterocycles. The number of carbonyl (C=O) groups is 2. The van der Waals surface area contributed by atoms with Crippen molar-refractivity contribution in [2.45, 2.75) is 12.3 Å². The van der Waals surface area contributed by atoms with Crippen molar-refractivity contribution in [2.75, 3.05) is 13.7 Å². The van der Waals surface area contributed by atoms with Crippen LogP contribution in [-0.2, 0) is 20.7 Å². The lowest BCUT2D eigenvalue weighted by Crippen LogP contribution is -2.29. The van der Waals surface area contributed by atoms with Crippen LogP contribution in [0.15, 0.2) is 84.9 Å². The molecule has 0 spiro atoms. The Labute approximate surface area is 175 Å². The molecular formula is C25H24O5. The summed E-state index contributed by atoms with van der Waals surface area (Å²) >= 11 is 0. The normalized spacial score (nSPS) is 11.7. The number of esters is 1. The molecule has 0 radical (unpaired) electrons. The van der Waals surface area contributed by atoms with Crippen LogP contribution in [-0.4, -0.2) is 30.8 Å². The Morgan fingerprint density at radius 3 is 1.83 bits per heavy atom. The molecule has 0 saturated carbocycles. The maximum Gasteiger partial charge on any atom is 0.320 e. The third-order valence-electron chi connectivity index (χ3n) is 4.98. The van der Waals surface area contributed by atoms with E-state index >= 15 is 0 Å². The van der Waals surface area contributed by atoms with Crippen molar-refractivity contribution < 1.29 is 24.2 Å². The first-order valence-electron chi connectivity index (χ1n) is 9.70. The van der Waals surface area contributed by atoms with Crippen molar-refractivity contribution in [2.24, 2.45) is 5.92 Å². The summed E-state index contributed by atoms with van der Waals surface area (Å²) < 4.78 is 10.6. The van der Waals surface area contributed by atoms with Gasteiger partial charge in [0, 0.05) is 5.92 Å². The first-order valence-corrected chi connectivity index (χ1v) is 9.70. The summed E-state index contributed by atoms with van der Waals surface area (Å²) in [6, 6.07) is 26.4. The van der Waals surface area contributed by atoms with Crippen LogP contribution in [0.25, 0.3) is 0 Å². The number of benzene rings is 3. The molecule has 154 valence electrons. The molecule has 1 N–H and O–H groups in total. The van der Waals surface area contributed by atoms with Crippen LogP contribution in [0, 0.1) is 5.92 Å². The summed E-state index contributed by atoms with van der Waals surface area (Å²) in [5.41, 5.74) is 2.72. The fraction of sp³-hybridized carbons (Fsp3) is 0.200. The van der Waals surface area contributed by atoms with Crippen molar-refractivity contribution >= 4 is 11.9 Å². The Bertz CT molecular complexity index is 912. The maximum atomic E-state index is 12.7. The highest BCUT2D eigenvalue weighted by Gasteiger charge is 2.29. The lowest BCUT2D eigenvalue weighted by molar-refractivity contribution is -0.158. The average Bonchev–Trinajstić information content (AvgIpc) is 2.79. The van der Waals surface area contributed by atoms with E-state index in [-0.39, 0.29) is 18.9 Å². The summed E-state index contributed by atoms with van der Waals surface area (Å²) in [6.07, 6.45) is 0.0551. The monoisotopic (exact) mass is 404 g/mol. The van der Waals surface area contributed by atoms with E-state index in [1.54, 1.807) is 31.4 Å². The van der Waals surface area contributed by atoms with Gasteiger partial charge in [-0.1, -0.05) is 72.8 Å². The average molecular weight is 404 g/mol. The van der Waals surface area contributed by atoms with Crippen molar-refractivity contribution in [3.8, 4) is 5.75 Å². The second kappa shape index (κ2) is 10.3. The van der Waals surface area contributed by atoms with Gasteiger partial charge in [-0.2, -0.15) is 0 Å². The fourth-order valence-electron chi connectivity index (χ4n) is 3.29. The second-order valence-corrected chi connectivity index (χ2v) is 6.95. The molecule has 5 heteroatoms. The molecule has 5 nitrogen and oxygen atoms in total. The molecule has 1 atom stereocenters. The maximum absolute atomic E-state index is 12.7. The van der Waals surface area contributed by atoms with Crippen molar-refractivity contribution in [3.05, 3.63) is 102 Å².